The van der Waals surface area contributed by atoms with Crippen molar-refractivity contribution in [1.82, 2.24) is 30.6 Å². The molecule has 0 radical (unpaired) electrons. The Morgan fingerprint density at radius 1 is 1.19 bits per heavy atom. The normalized spacial score (nSPS) is 11.0. The van der Waals surface area contributed by atoms with E-state index in [1.807, 2.05) is 0 Å². The van der Waals surface area contributed by atoms with Crippen molar-refractivity contribution in [2.45, 2.75) is 19.5 Å². The van der Waals surface area contributed by atoms with E-state index in [2.05, 4.69) is 30.6 Å². The minimum atomic E-state index is -0.996. The number of H-pyrrole nitrogens is 1. The first-order valence-electron chi connectivity index (χ1n) is 9.74. The van der Waals surface area contributed by atoms with Gasteiger partial charge < -0.3 is 25.1 Å². The molecule has 4 N–H and O–H groups in total. The van der Waals surface area contributed by atoms with Crippen molar-refractivity contribution in [2.24, 2.45) is 0 Å². The average molecular weight is 438 g/mol. The van der Waals surface area contributed by atoms with Gasteiger partial charge in [-0.05, 0) is 30.3 Å². The van der Waals surface area contributed by atoms with Crippen LogP contribution in [0.3, 0.4) is 0 Å². The maximum absolute atomic E-state index is 13.6. The lowest BCUT2D eigenvalue weighted by Crippen LogP contribution is -2.24. The van der Waals surface area contributed by atoms with Gasteiger partial charge in [-0.25, -0.2) is 19.2 Å². The fourth-order valence-corrected chi connectivity index (χ4v) is 3.01. The number of nitrogens with zero attached hydrogens (tertiary/aromatic N) is 3. The van der Waals surface area contributed by atoms with E-state index in [4.69, 9.17) is 9.52 Å². The van der Waals surface area contributed by atoms with E-state index in [1.54, 1.807) is 6.07 Å². The van der Waals surface area contributed by atoms with Crippen LogP contribution in [0.5, 0.6) is 0 Å². The van der Waals surface area contributed by atoms with Crippen molar-refractivity contribution in [3.63, 3.8) is 0 Å². The summed E-state index contributed by atoms with van der Waals surface area (Å²) in [5, 5.41) is 14.8. The first-order chi connectivity index (χ1) is 15.5. The van der Waals surface area contributed by atoms with Crippen LogP contribution in [-0.2, 0) is 19.5 Å². The number of aromatic nitrogens is 4. The third kappa shape index (κ3) is 4.95. The van der Waals surface area contributed by atoms with Crippen LogP contribution in [0.2, 0.25) is 0 Å². The molecular formula is C21H19FN6O4. The number of aromatic amines is 1. The summed E-state index contributed by atoms with van der Waals surface area (Å²) in [7, 11) is 0. The average Bonchev–Trinajstić information content (AvgIpc) is 3.42. The summed E-state index contributed by atoms with van der Waals surface area (Å²) >= 11 is 0. The maximum atomic E-state index is 13.6. The van der Waals surface area contributed by atoms with Crippen LogP contribution in [0.4, 0.5) is 4.39 Å². The topological polar surface area (TPSA) is 146 Å². The second-order valence-corrected chi connectivity index (χ2v) is 6.89. The quantitative estimate of drug-likeness (QED) is 0.291. The highest BCUT2D eigenvalue weighted by Crippen LogP contribution is 2.14. The molecule has 4 rings (SSSR count). The highest BCUT2D eigenvalue weighted by atomic mass is 19.1. The molecule has 0 aliphatic rings. The third-order valence-electron chi connectivity index (χ3n) is 4.62. The number of halogens is 1. The second-order valence-electron chi connectivity index (χ2n) is 6.89. The number of nitrogens with one attached hydrogen (secondary N) is 3. The summed E-state index contributed by atoms with van der Waals surface area (Å²) in [6.07, 6.45) is 3.13. The predicted molar refractivity (Wildman–Crippen MR) is 110 cm³/mol. The largest absolute Gasteiger partial charge is 0.478 e. The number of aromatic carboxylic acids is 1. The van der Waals surface area contributed by atoms with Gasteiger partial charge >= 0.3 is 5.97 Å². The molecule has 1 amide bonds. The molecule has 0 saturated heterocycles. The lowest BCUT2D eigenvalue weighted by molar-refractivity contribution is 0.0696. The van der Waals surface area contributed by atoms with Gasteiger partial charge in [0, 0.05) is 19.2 Å². The van der Waals surface area contributed by atoms with Gasteiger partial charge in [-0.15, -0.1) is 0 Å². The Labute approximate surface area is 180 Å². The van der Waals surface area contributed by atoms with E-state index < -0.39 is 17.7 Å². The zero-order valence-electron chi connectivity index (χ0n) is 16.8. The van der Waals surface area contributed by atoms with E-state index in [1.165, 1.54) is 36.7 Å². The number of carbonyl (C=O) groups is 2. The molecule has 4 aromatic rings. The molecule has 0 saturated carbocycles. The van der Waals surface area contributed by atoms with E-state index in [-0.39, 0.29) is 23.5 Å². The maximum Gasteiger partial charge on any atom is 0.335 e. The van der Waals surface area contributed by atoms with Crippen LogP contribution in [-0.4, -0.2) is 43.5 Å². The number of carboxylic acid groups (broad SMARTS) is 1. The lowest BCUT2D eigenvalue weighted by Gasteiger charge is -2.03. The van der Waals surface area contributed by atoms with Gasteiger partial charge in [0.15, 0.2) is 11.6 Å². The molecule has 0 spiro atoms. The third-order valence-corrected chi connectivity index (χ3v) is 4.62. The van der Waals surface area contributed by atoms with Crippen molar-refractivity contribution in [3.8, 4) is 0 Å². The van der Waals surface area contributed by atoms with Gasteiger partial charge in [0.2, 0.25) is 0 Å². The summed E-state index contributed by atoms with van der Waals surface area (Å²) in [4.78, 5) is 38.7. The number of carbonyl (C=O) groups excluding carboxylic acids is 1. The van der Waals surface area contributed by atoms with Gasteiger partial charge in [0.05, 0.1) is 35.4 Å². The van der Waals surface area contributed by atoms with Crippen molar-refractivity contribution in [3.05, 3.63) is 77.3 Å². The highest BCUT2D eigenvalue weighted by Gasteiger charge is 2.13. The molecule has 32 heavy (non-hydrogen) atoms. The van der Waals surface area contributed by atoms with E-state index in [0.717, 1.165) is 0 Å². The van der Waals surface area contributed by atoms with Crippen LogP contribution in [0, 0.1) is 5.82 Å². The molecule has 0 bridgehead atoms. The number of pyridine rings is 1. The SMILES string of the molecule is O=C(O)c1ccc2nc(CNCCc3nc(C(=O)NCc4ncccc4F)co3)[nH]c2c1. The molecule has 3 heterocycles. The summed E-state index contributed by atoms with van der Waals surface area (Å²) in [6, 6.07) is 7.44. The Morgan fingerprint density at radius 3 is 2.88 bits per heavy atom. The van der Waals surface area contributed by atoms with Crippen LogP contribution >= 0.6 is 0 Å². The Balaban J connectivity index is 1.24. The lowest BCUT2D eigenvalue weighted by atomic mass is 10.2. The van der Waals surface area contributed by atoms with Gasteiger partial charge in [0.25, 0.3) is 5.91 Å². The van der Waals surface area contributed by atoms with Crippen molar-refractivity contribution < 1.29 is 23.5 Å². The second kappa shape index (κ2) is 9.35. The monoisotopic (exact) mass is 438 g/mol. The number of hydrogen-bond acceptors (Lipinski definition) is 7. The number of amides is 1. The minimum Gasteiger partial charge on any atom is -0.478 e. The van der Waals surface area contributed by atoms with Crippen LogP contribution in [0.1, 0.15) is 38.3 Å². The van der Waals surface area contributed by atoms with Crippen LogP contribution < -0.4 is 10.6 Å². The van der Waals surface area contributed by atoms with E-state index in [9.17, 15) is 14.0 Å². The molecule has 0 atom stereocenters. The minimum absolute atomic E-state index is 0.0548. The van der Waals surface area contributed by atoms with Gasteiger partial charge in [-0.3, -0.25) is 9.78 Å². The number of oxazole rings is 1. The fourth-order valence-electron chi connectivity index (χ4n) is 3.01. The molecule has 0 aliphatic carbocycles. The summed E-state index contributed by atoms with van der Waals surface area (Å²) in [5.41, 5.74) is 1.76. The van der Waals surface area contributed by atoms with Gasteiger partial charge in [-0.1, -0.05) is 0 Å². The molecular weight excluding hydrogens is 419 g/mol. The highest BCUT2D eigenvalue weighted by molar-refractivity contribution is 5.92. The number of fused-ring (bicyclic) bond motifs is 1. The zero-order chi connectivity index (χ0) is 22.5. The van der Waals surface area contributed by atoms with Crippen LogP contribution in [0.25, 0.3) is 11.0 Å². The zero-order valence-corrected chi connectivity index (χ0v) is 16.8. The standard InChI is InChI=1S/C21H19FN6O4/c22-13-2-1-6-24-16(13)9-25-20(29)17-11-32-19(28-17)5-7-23-10-18-26-14-4-3-12(21(30)31)8-15(14)27-18/h1-4,6,8,11,23H,5,7,9-10H2,(H,25,29)(H,26,27)(H,30,31). The molecule has 0 unspecified atom stereocenters. The Bertz CT molecular complexity index is 1270. The number of carboxylic acids is 1. The van der Waals surface area contributed by atoms with E-state index in [0.29, 0.717) is 42.3 Å². The Kier molecular flexibility index (Phi) is 6.17. The number of rotatable bonds is 9. The van der Waals surface area contributed by atoms with Gasteiger partial charge in [-0.2, -0.15) is 0 Å². The van der Waals surface area contributed by atoms with Crippen molar-refractivity contribution in [2.75, 3.05) is 6.54 Å². The molecule has 0 aliphatic heterocycles. The number of imidazole rings is 1. The molecule has 11 heteroatoms. The van der Waals surface area contributed by atoms with Crippen LogP contribution in [0.15, 0.2) is 47.2 Å². The predicted octanol–water partition coefficient (Wildman–Crippen LogP) is 2.05. The molecule has 1 aromatic carbocycles. The first kappa shape index (κ1) is 21.1. The van der Waals surface area contributed by atoms with Gasteiger partial charge in [0.1, 0.15) is 17.9 Å². The summed E-state index contributed by atoms with van der Waals surface area (Å²) < 4.78 is 18.9. The van der Waals surface area contributed by atoms with Crippen molar-refractivity contribution >= 4 is 22.9 Å². The first-order valence-corrected chi connectivity index (χ1v) is 9.74. The number of hydrogen-bond donors (Lipinski definition) is 4. The van der Waals surface area contributed by atoms with E-state index >= 15 is 0 Å². The smallest absolute Gasteiger partial charge is 0.335 e. The molecule has 164 valence electrons. The summed E-state index contributed by atoms with van der Waals surface area (Å²) in [5.74, 6) is -0.935. The summed E-state index contributed by atoms with van der Waals surface area (Å²) in [6.45, 7) is 0.889. The molecule has 10 nitrogen and oxygen atoms in total. The fraction of sp³-hybridized carbons (Fsp3) is 0.190. The Morgan fingerprint density at radius 2 is 2.06 bits per heavy atom. The molecule has 3 aromatic heterocycles. The Hall–Kier alpha value is -4.12. The molecule has 0 fully saturated rings. The van der Waals surface area contributed by atoms with Crippen molar-refractivity contribution in [1.29, 1.82) is 0 Å². The number of benzene rings is 1.